The monoisotopic (exact) mass is 370 g/mol. The number of para-hydroxylation sites is 1. The molecule has 0 spiro atoms. The highest BCUT2D eigenvalue weighted by atomic mass is 16.5. The third-order valence-electron chi connectivity index (χ3n) is 5.17. The maximum atomic E-state index is 12.9. The van der Waals surface area contributed by atoms with E-state index in [2.05, 4.69) is 16.3 Å². The van der Waals surface area contributed by atoms with Gasteiger partial charge < -0.3 is 15.0 Å². The van der Waals surface area contributed by atoms with E-state index in [1.807, 2.05) is 4.90 Å². The van der Waals surface area contributed by atoms with E-state index in [4.69, 9.17) is 10.00 Å². The summed E-state index contributed by atoms with van der Waals surface area (Å²) >= 11 is 0. The molecule has 144 valence electrons. The summed E-state index contributed by atoms with van der Waals surface area (Å²) in [7, 11) is 0. The number of nitrogens with one attached hydrogen (secondary N) is 1. The molecular formula is C20H26N4O3. The van der Waals surface area contributed by atoms with Crippen LogP contribution in [0.5, 0.6) is 0 Å². The van der Waals surface area contributed by atoms with Crippen molar-refractivity contribution in [2.24, 2.45) is 0 Å². The van der Waals surface area contributed by atoms with Gasteiger partial charge in [-0.1, -0.05) is 18.6 Å². The molecule has 1 unspecified atom stereocenters. The Bertz CT molecular complexity index is 709. The van der Waals surface area contributed by atoms with Crippen LogP contribution in [0, 0.1) is 11.3 Å². The Balaban J connectivity index is 1.55. The van der Waals surface area contributed by atoms with E-state index >= 15 is 0 Å². The molecule has 1 N–H and O–H groups in total. The summed E-state index contributed by atoms with van der Waals surface area (Å²) in [5, 5.41) is 11.9. The van der Waals surface area contributed by atoms with Crippen molar-refractivity contribution >= 4 is 17.5 Å². The molecule has 2 aliphatic rings. The van der Waals surface area contributed by atoms with Gasteiger partial charge in [0, 0.05) is 26.1 Å². The highest BCUT2D eigenvalue weighted by Gasteiger charge is 2.32. The van der Waals surface area contributed by atoms with Crippen molar-refractivity contribution in [3.8, 4) is 6.07 Å². The van der Waals surface area contributed by atoms with Crippen LogP contribution in [0.15, 0.2) is 24.3 Å². The van der Waals surface area contributed by atoms with E-state index in [1.165, 1.54) is 0 Å². The average molecular weight is 370 g/mol. The number of anilines is 1. The molecule has 0 radical (unpaired) electrons. The van der Waals surface area contributed by atoms with Gasteiger partial charge >= 0.3 is 0 Å². The Kier molecular flexibility index (Phi) is 6.80. The zero-order valence-corrected chi connectivity index (χ0v) is 15.5. The highest BCUT2D eigenvalue weighted by Crippen LogP contribution is 2.20. The molecule has 0 saturated carbocycles. The van der Waals surface area contributed by atoms with Crippen molar-refractivity contribution in [2.45, 2.75) is 31.7 Å². The lowest BCUT2D eigenvalue weighted by Crippen LogP contribution is -2.53. The SMILES string of the molecule is N#Cc1ccccc1NC(=O)CCN1CCCCC1C(=O)N1CCOCC1. The number of carbonyl (C=O) groups is 2. The fraction of sp³-hybridized carbons (Fsp3) is 0.550. The quantitative estimate of drug-likeness (QED) is 0.851. The largest absolute Gasteiger partial charge is 0.378 e. The second-order valence-electron chi connectivity index (χ2n) is 6.94. The summed E-state index contributed by atoms with van der Waals surface area (Å²) in [6.45, 7) is 3.87. The zero-order valence-electron chi connectivity index (χ0n) is 15.5. The van der Waals surface area contributed by atoms with Crippen molar-refractivity contribution in [1.82, 2.24) is 9.80 Å². The van der Waals surface area contributed by atoms with Gasteiger partial charge in [0.25, 0.3) is 0 Å². The maximum absolute atomic E-state index is 12.9. The Morgan fingerprint density at radius 1 is 1.19 bits per heavy atom. The van der Waals surface area contributed by atoms with Crippen molar-refractivity contribution in [1.29, 1.82) is 5.26 Å². The Labute approximate surface area is 159 Å². The van der Waals surface area contributed by atoms with Crippen LogP contribution in [0.2, 0.25) is 0 Å². The minimum absolute atomic E-state index is 0.138. The van der Waals surface area contributed by atoms with Gasteiger partial charge in [-0.15, -0.1) is 0 Å². The summed E-state index contributed by atoms with van der Waals surface area (Å²) < 4.78 is 5.34. The van der Waals surface area contributed by atoms with E-state index in [9.17, 15) is 9.59 Å². The van der Waals surface area contributed by atoms with E-state index in [0.717, 1.165) is 25.8 Å². The summed E-state index contributed by atoms with van der Waals surface area (Å²) in [4.78, 5) is 29.2. The number of hydrogen-bond acceptors (Lipinski definition) is 5. The summed E-state index contributed by atoms with van der Waals surface area (Å²) in [5.74, 6) is 0.0223. The number of nitriles is 1. The topological polar surface area (TPSA) is 85.7 Å². The predicted molar refractivity (Wildman–Crippen MR) is 101 cm³/mol. The molecule has 1 aromatic carbocycles. The van der Waals surface area contributed by atoms with Gasteiger partial charge in [-0.2, -0.15) is 5.26 Å². The summed E-state index contributed by atoms with van der Waals surface area (Å²) in [6, 6.07) is 8.90. The van der Waals surface area contributed by atoms with Crippen LogP contribution in [0.3, 0.4) is 0 Å². The molecule has 0 aromatic heterocycles. The molecule has 2 heterocycles. The molecule has 2 fully saturated rings. The van der Waals surface area contributed by atoms with Crippen LogP contribution in [-0.2, 0) is 14.3 Å². The fourth-order valence-electron chi connectivity index (χ4n) is 3.68. The Hall–Kier alpha value is -2.43. The van der Waals surface area contributed by atoms with Crippen molar-refractivity contribution < 1.29 is 14.3 Å². The lowest BCUT2D eigenvalue weighted by molar-refractivity contribution is -0.142. The van der Waals surface area contributed by atoms with Crippen LogP contribution >= 0.6 is 0 Å². The van der Waals surface area contributed by atoms with Gasteiger partial charge in [0.1, 0.15) is 6.07 Å². The number of benzene rings is 1. The normalized spacial score (nSPS) is 20.7. The molecule has 0 aliphatic carbocycles. The van der Waals surface area contributed by atoms with E-state index in [1.54, 1.807) is 24.3 Å². The summed E-state index contributed by atoms with van der Waals surface area (Å²) in [6.07, 6.45) is 3.23. The predicted octanol–water partition coefficient (Wildman–Crippen LogP) is 1.60. The number of ether oxygens (including phenoxy) is 1. The number of piperidine rings is 1. The molecule has 1 aromatic rings. The number of nitrogens with zero attached hydrogens (tertiary/aromatic N) is 3. The molecular weight excluding hydrogens is 344 g/mol. The molecule has 0 bridgehead atoms. The first kappa shape index (κ1) is 19.3. The fourth-order valence-corrected chi connectivity index (χ4v) is 3.68. The lowest BCUT2D eigenvalue weighted by atomic mass is 10.00. The van der Waals surface area contributed by atoms with E-state index < -0.39 is 0 Å². The second kappa shape index (κ2) is 9.49. The van der Waals surface area contributed by atoms with Gasteiger partial charge in [0.05, 0.1) is 30.5 Å². The number of morpholine rings is 1. The van der Waals surface area contributed by atoms with E-state index in [0.29, 0.717) is 50.5 Å². The van der Waals surface area contributed by atoms with Gasteiger partial charge in [0.2, 0.25) is 11.8 Å². The van der Waals surface area contributed by atoms with Crippen molar-refractivity contribution in [3.63, 3.8) is 0 Å². The second-order valence-corrected chi connectivity index (χ2v) is 6.94. The summed E-state index contributed by atoms with van der Waals surface area (Å²) in [5.41, 5.74) is 0.980. The van der Waals surface area contributed by atoms with Crippen LogP contribution in [0.1, 0.15) is 31.2 Å². The van der Waals surface area contributed by atoms with Gasteiger partial charge in [0.15, 0.2) is 0 Å². The maximum Gasteiger partial charge on any atom is 0.240 e. The number of carbonyl (C=O) groups excluding carboxylic acids is 2. The van der Waals surface area contributed by atoms with Crippen LogP contribution in [0.25, 0.3) is 0 Å². The highest BCUT2D eigenvalue weighted by molar-refractivity contribution is 5.92. The first-order chi connectivity index (χ1) is 13.2. The van der Waals surface area contributed by atoms with Crippen LogP contribution in [0.4, 0.5) is 5.69 Å². The standard InChI is InChI=1S/C20H26N4O3/c21-15-16-5-1-2-6-17(16)22-19(25)8-10-23-9-4-3-7-18(23)20(26)24-11-13-27-14-12-24/h1-2,5-6,18H,3-4,7-14H2,(H,22,25). The van der Waals surface area contributed by atoms with Crippen LogP contribution in [-0.4, -0.2) is 67.0 Å². The number of likely N-dealkylation sites (tertiary alicyclic amines) is 1. The number of amides is 2. The third kappa shape index (κ3) is 5.06. The third-order valence-corrected chi connectivity index (χ3v) is 5.17. The number of rotatable bonds is 5. The van der Waals surface area contributed by atoms with Gasteiger partial charge in [-0.3, -0.25) is 14.5 Å². The molecule has 2 aliphatic heterocycles. The average Bonchev–Trinajstić information content (AvgIpc) is 2.73. The smallest absolute Gasteiger partial charge is 0.240 e. The zero-order chi connectivity index (χ0) is 19.1. The van der Waals surface area contributed by atoms with Crippen molar-refractivity contribution in [2.75, 3.05) is 44.7 Å². The van der Waals surface area contributed by atoms with Crippen molar-refractivity contribution in [3.05, 3.63) is 29.8 Å². The molecule has 3 rings (SSSR count). The molecule has 27 heavy (non-hydrogen) atoms. The van der Waals surface area contributed by atoms with Gasteiger partial charge in [-0.05, 0) is 31.5 Å². The number of hydrogen-bond donors (Lipinski definition) is 1. The molecule has 2 amide bonds. The minimum Gasteiger partial charge on any atom is -0.378 e. The molecule has 7 nitrogen and oxygen atoms in total. The van der Waals surface area contributed by atoms with Crippen LogP contribution < -0.4 is 5.32 Å². The Morgan fingerprint density at radius 3 is 2.74 bits per heavy atom. The first-order valence-corrected chi connectivity index (χ1v) is 9.58. The van der Waals surface area contributed by atoms with Gasteiger partial charge in [-0.25, -0.2) is 0 Å². The first-order valence-electron chi connectivity index (χ1n) is 9.58. The lowest BCUT2D eigenvalue weighted by Gasteiger charge is -2.38. The molecule has 2 saturated heterocycles. The van der Waals surface area contributed by atoms with E-state index in [-0.39, 0.29) is 17.9 Å². The Morgan fingerprint density at radius 2 is 1.96 bits per heavy atom. The minimum atomic E-state index is -0.143. The molecule has 1 atom stereocenters. The molecule has 7 heteroatoms.